The summed E-state index contributed by atoms with van der Waals surface area (Å²) in [6.07, 6.45) is 2.77. The van der Waals surface area contributed by atoms with Crippen LogP contribution >= 0.6 is 15.9 Å². The molecule has 0 radical (unpaired) electrons. The zero-order valence-corrected chi connectivity index (χ0v) is 18.2. The van der Waals surface area contributed by atoms with Crippen LogP contribution in [0.15, 0.2) is 16.7 Å². The number of carbonyl (C=O) groups is 2. The summed E-state index contributed by atoms with van der Waals surface area (Å²) in [5.74, 6) is 0.290. The van der Waals surface area contributed by atoms with Crippen molar-refractivity contribution < 1.29 is 9.59 Å². The second-order valence-corrected chi connectivity index (χ2v) is 8.73. The van der Waals surface area contributed by atoms with Gasteiger partial charge in [-0.3, -0.25) is 4.79 Å². The number of nitrogens with zero attached hydrogens (tertiary/aromatic N) is 2. The Balaban J connectivity index is 1.69. The summed E-state index contributed by atoms with van der Waals surface area (Å²) in [4.78, 5) is 31.7. The summed E-state index contributed by atoms with van der Waals surface area (Å²) >= 11 is 3.67. The molecule has 7 heteroatoms. The van der Waals surface area contributed by atoms with Crippen LogP contribution in [0.4, 0.5) is 4.79 Å². The normalized spacial score (nSPS) is 24.1. The fraction of sp³-hybridized carbons (Fsp3) is 0.524. The third-order valence-electron chi connectivity index (χ3n) is 6.41. The van der Waals surface area contributed by atoms with E-state index in [1.165, 1.54) is 16.5 Å². The largest absolute Gasteiger partial charge is 0.349 e. The van der Waals surface area contributed by atoms with Gasteiger partial charge in [0.15, 0.2) is 0 Å². The number of carbonyl (C=O) groups excluding carboxylic acids is 2. The van der Waals surface area contributed by atoms with Gasteiger partial charge in [-0.1, -0.05) is 0 Å². The summed E-state index contributed by atoms with van der Waals surface area (Å²) < 4.78 is 1.01. The van der Waals surface area contributed by atoms with Crippen LogP contribution in [0.25, 0.3) is 10.9 Å². The van der Waals surface area contributed by atoms with Gasteiger partial charge in [-0.15, -0.1) is 0 Å². The van der Waals surface area contributed by atoms with Gasteiger partial charge in [0.25, 0.3) is 0 Å². The highest BCUT2D eigenvalue weighted by molar-refractivity contribution is 9.10. The number of rotatable bonds is 4. The standard InChI is InChI=1S/C21H27BrN4O2/c1-4-26(5-2)21(28)23-13-8-14-15-6-12(11-27)7-17-19(15)16(20(22)24-17)9-18(14)25(3)10-13/h6-7,11,13-14,18,24H,4-5,8-10H2,1-3H3,(H,23,28)/t13?,14-,18-/m1/s1. The lowest BCUT2D eigenvalue weighted by atomic mass is 9.73. The molecule has 2 heterocycles. The molecule has 1 aliphatic carbocycles. The Kier molecular flexibility index (Phi) is 5.22. The average Bonchev–Trinajstić information content (AvgIpc) is 2.99. The van der Waals surface area contributed by atoms with E-state index in [2.05, 4.69) is 38.2 Å². The Hall–Kier alpha value is -1.86. The molecule has 4 rings (SSSR count). The Bertz CT molecular complexity index is 921. The highest BCUT2D eigenvalue weighted by atomic mass is 79.9. The summed E-state index contributed by atoms with van der Waals surface area (Å²) in [5.41, 5.74) is 4.22. The van der Waals surface area contributed by atoms with Crippen molar-refractivity contribution in [1.82, 2.24) is 20.1 Å². The molecule has 2 aliphatic rings. The number of likely N-dealkylation sites (N-methyl/N-ethyl adjacent to an activating group) is 1. The maximum atomic E-state index is 12.6. The molecule has 0 bridgehead atoms. The molecule has 2 amide bonds. The lowest BCUT2D eigenvalue weighted by Crippen LogP contribution is -2.56. The van der Waals surface area contributed by atoms with Gasteiger partial charge >= 0.3 is 6.03 Å². The van der Waals surface area contributed by atoms with E-state index in [1.54, 1.807) is 0 Å². The van der Waals surface area contributed by atoms with Gasteiger partial charge in [-0.2, -0.15) is 0 Å². The highest BCUT2D eigenvalue weighted by Crippen LogP contribution is 2.45. The van der Waals surface area contributed by atoms with Crippen molar-refractivity contribution in [3.05, 3.63) is 33.4 Å². The van der Waals surface area contributed by atoms with Gasteiger partial charge in [0, 0.05) is 54.1 Å². The number of halogens is 1. The number of hydrogen-bond donors (Lipinski definition) is 2. The number of aromatic nitrogens is 1. The molecule has 28 heavy (non-hydrogen) atoms. The number of piperidine rings is 1. The molecule has 6 nitrogen and oxygen atoms in total. The topological polar surface area (TPSA) is 68.4 Å². The van der Waals surface area contributed by atoms with Gasteiger partial charge in [0.05, 0.1) is 4.60 Å². The predicted molar refractivity (Wildman–Crippen MR) is 114 cm³/mol. The molecule has 1 fully saturated rings. The maximum absolute atomic E-state index is 12.6. The first kappa shape index (κ1) is 19.5. The molecule has 0 spiro atoms. The molecule has 150 valence electrons. The van der Waals surface area contributed by atoms with Crippen LogP contribution in [0.3, 0.4) is 0 Å². The summed E-state index contributed by atoms with van der Waals surface area (Å²) in [7, 11) is 2.14. The van der Waals surface area contributed by atoms with Gasteiger partial charge in [0.2, 0.25) is 0 Å². The first-order valence-corrected chi connectivity index (χ1v) is 10.8. The van der Waals surface area contributed by atoms with Crippen molar-refractivity contribution in [2.75, 3.05) is 26.7 Å². The van der Waals surface area contributed by atoms with Gasteiger partial charge in [-0.05, 0) is 72.9 Å². The third kappa shape index (κ3) is 3.14. The fourth-order valence-electron chi connectivity index (χ4n) is 5.03. The summed E-state index contributed by atoms with van der Waals surface area (Å²) in [5, 5.41) is 4.47. The quantitative estimate of drug-likeness (QED) is 0.705. The van der Waals surface area contributed by atoms with Crippen LogP contribution in [0.1, 0.15) is 47.7 Å². The molecule has 0 saturated carbocycles. The average molecular weight is 447 g/mol. The number of aldehydes is 1. The summed E-state index contributed by atoms with van der Waals surface area (Å²) in [6, 6.07) is 4.43. The Labute approximate surface area is 173 Å². The van der Waals surface area contributed by atoms with Crippen molar-refractivity contribution >= 4 is 39.2 Å². The number of urea groups is 1. The molecule has 1 aliphatic heterocycles. The van der Waals surface area contributed by atoms with Crippen molar-refractivity contribution in [3.8, 4) is 0 Å². The van der Waals surface area contributed by atoms with E-state index < -0.39 is 0 Å². The zero-order chi connectivity index (χ0) is 20.0. The SMILES string of the molecule is CCN(CC)C(=O)NC1C[C@@H]2c3cc(C=O)cc4[nH]c(Br)c(c34)C[C@H]2N(C)C1. The number of benzene rings is 1. The first-order chi connectivity index (χ1) is 13.5. The molecule has 1 saturated heterocycles. The Morgan fingerprint density at radius 3 is 2.82 bits per heavy atom. The molecule has 1 aromatic carbocycles. The molecule has 1 unspecified atom stereocenters. The minimum atomic E-state index is 0.00882. The number of hydrogen-bond acceptors (Lipinski definition) is 3. The second-order valence-electron chi connectivity index (χ2n) is 7.94. The summed E-state index contributed by atoms with van der Waals surface area (Å²) in [6.45, 7) is 6.25. The van der Waals surface area contributed by atoms with Crippen LogP contribution in [-0.2, 0) is 6.42 Å². The van der Waals surface area contributed by atoms with Crippen molar-refractivity contribution in [1.29, 1.82) is 0 Å². The minimum absolute atomic E-state index is 0.00882. The fourth-order valence-corrected chi connectivity index (χ4v) is 5.60. The molecular formula is C21H27BrN4O2. The zero-order valence-electron chi connectivity index (χ0n) is 16.6. The highest BCUT2D eigenvalue weighted by Gasteiger charge is 2.41. The van der Waals surface area contributed by atoms with E-state index in [9.17, 15) is 9.59 Å². The van der Waals surface area contributed by atoms with Crippen LogP contribution < -0.4 is 5.32 Å². The number of H-pyrrole nitrogens is 1. The minimum Gasteiger partial charge on any atom is -0.349 e. The molecule has 2 aromatic rings. The van der Waals surface area contributed by atoms with E-state index >= 15 is 0 Å². The van der Waals surface area contributed by atoms with Crippen molar-refractivity contribution in [2.24, 2.45) is 0 Å². The van der Waals surface area contributed by atoms with Crippen molar-refractivity contribution in [2.45, 2.75) is 44.7 Å². The second kappa shape index (κ2) is 7.52. The Morgan fingerprint density at radius 1 is 1.39 bits per heavy atom. The lowest BCUT2D eigenvalue weighted by molar-refractivity contribution is 0.112. The molecular weight excluding hydrogens is 420 g/mol. The van der Waals surface area contributed by atoms with Gasteiger partial charge < -0.3 is 20.1 Å². The number of nitrogens with one attached hydrogen (secondary N) is 2. The lowest BCUT2D eigenvalue weighted by Gasteiger charge is -2.46. The monoisotopic (exact) mass is 446 g/mol. The molecule has 3 atom stereocenters. The van der Waals surface area contributed by atoms with E-state index in [0.29, 0.717) is 30.6 Å². The van der Waals surface area contributed by atoms with Crippen molar-refractivity contribution in [3.63, 3.8) is 0 Å². The molecule has 2 N–H and O–H groups in total. The Morgan fingerprint density at radius 2 is 2.14 bits per heavy atom. The third-order valence-corrected chi connectivity index (χ3v) is 7.08. The smallest absolute Gasteiger partial charge is 0.317 e. The number of amides is 2. The van der Waals surface area contributed by atoms with Gasteiger partial charge in [-0.25, -0.2) is 4.79 Å². The molecule has 1 aromatic heterocycles. The first-order valence-electron chi connectivity index (χ1n) is 10.0. The van der Waals surface area contributed by atoms with Crippen LogP contribution in [0, 0.1) is 0 Å². The van der Waals surface area contributed by atoms with E-state index in [1.807, 2.05) is 30.9 Å². The number of likely N-dealkylation sites (tertiary alicyclic amines) is 1. The number of aromatic amines is 1. The maximum Gasteiger partial charge on any atom is 0.317 e. The van der Waals surface area contributed by atoms with Crippen LogP contribution in [0.2, 0.25) is 0 Å². The predicted octanol–water partition coefficient (Wildman–Crippen LogP) is 3.51. The van der Waals surface area contributed by atoms with Crippen LogP contribution in [0.5, 0.6) is 0 Å². The van der Waals surface area contributed by atoms with Crippen LogP contribution in [-0.4, -0.2) is 65.9 Å². The van der Waals surface area contributed by atoms with E-state index in [0.717, 1.165) is 35.8 Å². The van der Waals surface area contributed by atoms with E-state index in [-0.39, 0.29) is 12.1 Å². The van der Waals surface area contributed by atoms with Gasteiger partial charge in [0.1, 0.15) is 6.29 Å². The van der Waals surface area contributed by atoms with E-state index in [4.69, 9.17) is 0 Å². The number of fused-ring (bicyclic) bond motifs is 2.